The van der Waals surface area contributed by atoms with Crippen molar-refractivity contribution < 1.29 is 32.6 Å². The highest BCUT2D eigenvalue weighted by atomic mass is 32.2. The number of benzene rings is 3. The number of halogens is 3. The van der Waals surface area contributed by atoms with E-state index >= 15 is 0 Å². The van der Waals surface area contributed by atoms with Gasteiger partial charge in [0.1, 0.15) is 0 Å². The van der Waals surface area contributed by atoms with E-state index in [1.165, 1.54) is 18.2 Å². The van der Waals surface area contributed by atoms with Crippen molar-refractivity contribution >= 4 is 20.9 Å². The Morgan fingerprint density at radius 1 is 0.958 bits per heavy atom. The third-order valence-electron chi connectivity index (χ3n) is 3.12. The van der Waals surface area contributed by atoms with Gasteiger partial charge in [-0.2, -0.15) is 21.6 Å². The molecule has 0 saturated heterocycles. The van der Waals surface area contributed by atoms with Crippen LogP contribution < -0.4 is 4.18 Å². The highest BCUT2D eigenvalue weighted by Crippen LogP contribution is 2.39. The second-order valence-electron chi connectivity index (χ2n) is 4.64. The van der Waals surface area contributed by atoms with E-state index in [1.807, 2.05) is 0 Å². The molecule has 0 aliphatic rings. The predicted octanol–water partition coefficient (Wildman–Crippen LogP) is 4.74. The molecular formula is C17H11F3O3S. The van der Waals surface area contributed by atoms with Gasteiger partial charge in [-0.3, -0.25) is 0 Å². The van der Waals surface area contributed by atoms with Crippen molar-refractivity contribution in [3.63, 3.8) is 0 Å². The van der Waals surface area contributed by atoms with Gasteiger partial charge in [0.05, 0.1) is 6.85 Å². The molecule has 0 radical (unpaired) electrons. The summed E-state index contributed by atoms with van der Waals surface area (Å²) < 4.78 is 105. The average Bonchev–Trinajstić information content (AvgIpc) is 2.65. The summed E-state index contributed by atoms with van der Waals surface area (Å²) in [5, 5.41) is 0.590. The Morgan fingerprint density at radius 3 is 2.29 bits per heavy atom. The van der Waals surface area contributed by atoms with Gasteiger partial charge >= 0.3 is 15.6 Å². The highest BCUT2D eigenvalue weighted by molar-refractivity contribution is 7.88. The van der Waals surface area contributed by atoms with Gasteiger partial charge in [-0.05, 0) is 22.4 Å². The van der Waals surface area contributed by atoms with Crippen LogP contribution in [0, 0.1) is 0 Å². The van der Waals surface area contributed by atoms with Crippen LogP contribution in [0.1, 0.15) is 6.85 Å². The first kappa shape index (κ1) is 11.1. The van der Waals surface area contributed by atoms with Crippen molar-refractivity contribution in [3.8, 4) is 16.9 Å². The lowest BCUT2D eigenvalue weighted by Gasteiger charge is -2.15. The molecule has 0 amide bonds. The van der Waals surface area contributed by atoms with Gasteiger partial charge in [-0.15, -0.1) is 0 Å². The summed E-state index contributed by atoms with van der Waals surface area (Å²) >= 11 is 0. The maximum atomic E-state index is 12.8. The largest absolute Gasteiger partial charge is 0.534 e. The number of hydrogen-bond acceptors (Lipinski definition) is 3. The lowest BCUT2D eigenvalue weighted by molar-refractivity contribution is -0.0499. The molecule has 0 aromatic heterocycles. The van der Waals surface area contributed by atoms with Gasteiger partial charge < -0.3 is 4.18 Å². The fourth-order valence-electron chi connectivity index (χ4n) is 2.12. The van der Waals surface area contributed by atoms with Gasteiger partial charge in [-0.25, -0.2) is 0 Å². The SMILES string of the molecule is [2H]c1c([2H])c([2H])c(-c2c(OS(=O)(=O)C(F)(F)F)ccc3ccccc23)c([2H])c1[2H]. The number of rotatable bonds is 3. The summed E-state index contributed by atoms with van der Waals surface area (Å²) in [7, 11) is -6.06. The molecule has 0 aliphatic carbocycles. The summed E-state index contributed by atoms with van der Waals surface area (Å²) in [4.78, 5) is 0. The van der Waals surface area contributed by atoms with Gasteiger partial charge in [0, 0.05) is 5.56 Å². The van der Waals surface area contributed by atoms with Crippen LogP contribution in [0.4, 0.5) is 13.2 Å². The fourth-order valence-corrected chi connectivity index (χ4v) is 2.59. The van der Waals surface area contributed by atoms with Crippen LogP contribution in [-0.4, -0.2) is 13.9 Å². The highest BCUT2D eigenvalue weighted by Gasteiger charge is 2.48. The average molecular weight is 357 g/mol. The van der Waals surface area contributed by atoms with Crippen molar-refractivity contribution in [2.24, 2.45) is 0 Å². The first-order chi connectivity index (χ1) is 13.4. The van der Waals surface area contributed by atoms with Gasteiger partial charge in [0.2, 0.25) is 0 Å². The monoisotopic (exact) mass is 357 g/mol. The van der Waals surface area contributed by atoms with Crippen LogP contribution >= 0.6 is 0 Å². The zero-order chi connectivity index (χ0) is 21.7. The second kappa shape index (κ2) is 5.83. The standard InChI is InChI=1S/C17H11F3O3S/c18-17(19,20)24(21,22)23-15-11-10-12-6-4-5-9-14(12)16(15)13-7-2-1-3-8-13/h1-11H/i1D,2D,3D,7D,8D. The molecule has 3 nitrogen and oxygen atoms in total. The molecule has 0 bridgehead atoms. The second-order valence-corrected chi connectivity index (χ2v) is 6.18. The molecule has 0 saturated carbocycles. The Kier molecular flexibility index (Phi) is 2.69. The van der Waals surface area contributed by atoms with E-state index in [1.54, 1.807) is 12.1 Å². The Balaban J connectivity index is 2.45. The lowest BCUT2D eigenvalue weighted by atomic mass is 9.97. The Hall–Kier alpha value is -2.54. The Bertz CT molecular complexity index is 1210. The molecule has 3 aromatic carbocycles. The minimum atomic E-state index is -6.06. The van der Waals surface area contributed by atoms with Crippen molar-refractivity contribution in [1.82, 2.24) is 0 Å². The van der Waals surface area contributed by atoms with Crippen LogP contribution in [0.2, 0.25) is 0 Å². The van der Waals surface area contributed by atoms with E-state index in [-0.39, 0.29) is 10.9 Å². The molecule has 124 valence electrons. The molecule has 0 heterocycles. The summed E-state index contributed by atoms with van der Waals surface area (Å²) in [6.45, 7) is 0. The minimum Gasteiger partial charge on any atom is -0.375 e. The zero-order valence-electron chi connectivity index (χ0n) is 16.7. The molecule has 0 spiro atoms. The van der Waals surface area contributed by atoms with Crippen LogP contribution in [-0.2, 0) is 10.1 Å². The molecule has 0 aliphatic heterocycles. The molecule has 0 atom stereocenters. The molecule has 3 aromatic rings. The molecule has 3 rings (SSSR count). The molecule has 7 heteroatoms. The quantitative estimate of drug-likeness (QED) is 0.502. The van der Waals surface area contributed by atoms with E-state index in [9.17, 15) is 21.6 Å². The maximum absolute atomic E-state index is 12.8. The minimum absolute atomic E-state index is 0.154. The lowest BCUT2D eigenvalue weighted by Crippen LogP contribution is -2.28. The molecular weight excluding hydrogens is 341 g/mol. The van der Waals surface area contributed by atoms with E-state index < -0.39 is 57.2 Å². The topological polar surface area (TPSA) is 43.4 Å². The summed E-state index contributed by atoms with van der Waals surface area (Å²) in [6.07, 6.45) is 0. The van der Waals surface area contributed by atoms with Crippen LogP contribution in [0.25, 0.3) is 21.9 Å². The first-order valence-electron chi connectivity index (χ1n) is 8.96. The van der Waals surface area contributed by atoms with Gasteiger partial charge in [0.15, 0.2) is 5.75 Å². The predicted molar refractivity (Wildman–Crippen MR) is 85.0 cm³/mol. The van der Waals surface area contributed by atoms with E-state index in [4.69, 9.17) is 6.85 Å². The van der Waals surface area contributed by atoms with Crippen molar-refractivity contribution in [1.29, 1.82) is 0 Å². The smallest absolute Gasteiger partial charge is 0.375 e. The van der Waals surface area contributed by atoms with E-state index in [0.717, 1.165) is 6.07 Å². The van der Waals surface area contributed by atoms with Crippen LogP contribution in [0.5, 0.6) is 5.75 Å². The maximum Gasteiger partial charge on any atom is 0.534 e. The van der Waals surface area contributed by atoms with Crippen LogP contribution in [0.15, 0.2) is 66.6 Å². The summed E-state index contributed by atoms with van der Waals surface area (Å²) in [5.41, 5.74) is -6.54. The molecule has 24 heavy (non-hydrogen) atoms. The number of alkyl halides is 3. The zero-order valence-corrected chi connectivity index (χ0v) is 12.5. The van der Waals surface area contributed by atoms with Gasteiger partial charge in [-0.1, -0.05) is 60.5 Å². The third-order valence-corrected chi connectivity index (χ3v) is 4.09. The van der Waals surface area contributed by atoms with Crippen molar-refractivity contribution in [2.45, 2.75) is 5.51 Å². The van der Waals surface area contributed by atoms with E-state index in [2.05, 4.69) is 4.18 Å². The van der Waals surface area contributed by atoms with E-state index in [0.29, 0.717) is 5.39 Å². The first-order valence-corrected chi connectivity index (χ1v) is 7.87. The normalized spacial score (nSPS) is 15.2. The van der Waals surface area contributed by atoms with Crippen molar-refractivity contribution in [2.75, 3.05) is 0 Å². The third kappa shape index (κ3) is 2.94. The molecule has 0 unspecified atom stereocenters. The number of fused-ring (bicyclic) bond motifs is 1. The molecule has 0 fully saturated rings. The van der Waals surface area contributed by atoms with Gasteiger partial charge in [0.25, 0.3) is 0 Å². The van der Waals surface area contributed by atoms with Crippen LogP contribution in [0.3, 0.4) is 0 Å². The Morgan fingerprint density at radius 2 is 1.62 bits per heavy atom. The fraction of sp³-hybridized carbons (Fsp3) is 0.0588. The summed E-state index contributed by atoms with van der Waals surface area (Å²) in [6, 6.07) is 4.78. The Labute approximate surface area is 143 Å². The van der Waals surface area contributed by atoms with Crippen molar-refractivity contribution in [3.05, 3.63) is 66.6 Å². The molecule has 0 N–H and O–H groups in total. The number of hydrogen-bond donors (Lipinski definition) is 0. The summed E-state index contributed by atoms with van der Waals surface area (Å²) in [5.74, 6) is -0.806.